The van der Waals surface area contributed by atoms with Crippen molar-refractivity contribution in [3.63, 3.8) is 0 Å². The highest BCUT2D eigenvalue weighted by atomic mass is 31.2. The maximum absolute atomic E-state index is 11.7. The third-order valence-electron chi connectivity index (χ3n) is 4.15. The lowest BCUT2D eigenvalue weighted by Crippen LogP contribution is -2.23. The van der Waals surface area contributed by atoms with Crippen LogP contribution in [-0.2, 0) is 23.1 Å². The molecule has 0 aromatic rings. The zero-order valence-electron chi connectivity index (χ0n) is 20.3. The second-order valence-corrected chi connectivity index (χ2v) is 8.78. The molecule has 0 aromatic carbocycles. The van der Waals surface area contributed by atoms with Gasteiger partial charge in [-0.2, -0.15) is 0 Å². The number of nitrogens with two attached hydrogens (primary N) is 1. The fraction of sp³-hybridized carbons (Fsp3) is 0.560. The van der Waals surface area contributed by atoms with Crippen LogP contribution in [0.2, 0.25) is 0 Å². The molecule has 2 unspecified atom stereocenters. The number of phosphoric ester groups is 1. The minimum Gasteiger partial charge on any atom is -0.463 e. The van der Waals surface area contributed by atoms with Crippen molar-refractivity contribution in [2.45, 2.75) is 64.4 Å². The van der Waals surface area contributed by atoms with E-state index in [0.717, 1.165) is 38.5 Å². The first kappa shape index (κ1) is 32.2. The molecule has 0 saturated carbocycles. The van der Waals surface area contributed by atoms with Gasteiger partial charge in [0, 0.05) is 13.0 Å². The molecule has 0 aromatic heterocycles. The summed E-state index contributed by atoms with van der Waals surface area (Å²) in [5.74, 6) is -0.446. The molecular weight excluding hydrogens is 457 g/mol. The van der Waals surface area contributed by atoms with Crippen molar-refractivity contribution in [1.82, 2.24) is 0 Å². The summed E-state index contributed by atoms with van der Waals surface area (Å²) in [5, 5.41) is 9.67. The lowest BCUT2D eigenvalue weighted by Gasteiger charge is -2.15. The van der Waals surface area contributed by atoms with Gasteiger partial charge in [-0.25, -0.2) is 4.57 Å². The molecule has 9 heteroatoms. The van der Waals surface area contributed by atoms with Crippen molar-refractivity contribution in [2.75, 3.05) is 26.4 Å². The number of hydrogen-bond acceptors (Lipinski definition) is 7. The molecule has 194 valence electrons. The Morgan fingerprint density at radius 2 is 1.41 bits per heavy atom. The van der Waals surface area contributed by atoms with E-state index in [-0.39, 0.29) is 26.2 Å². The molecular formula is C25H42NO7P. The smallest absolute Gasteiger partial charge is 0.463 e. The number of ether oxygens (including phenoxy) is 1. The highest BCUT2D eigenvalue weighted by Gasteiger charge is 2.22. The highest BCUT2D eigenvalue weighted by molar-refractivity contribution is 7.47. The van der Waals surface area contributed by atoms with E-state index in [2.05, 4.69) is 70.7 Å². The number of esters is 1. The highest BCUT2D eigenvalue weighted by Crippen LogP contribution is 2.42. The number of aliphatic hydroxyl groups excluding tert-OH is 1. The van der Waals surface area contributed by atoms with Gasteiger partial charge in [-0.3, -0.25) is 13.8 Å². The van der Waals surface area contributed by atoms with Crippen LogP contribution in [0.4, 0.5) is 0 Å². The number of aliphatic hydroxyl groups is 1. The van der Waals surface area contributed by atoms with Crippen molar-refractivity contribution in [3.05, 3.63) is 60.8 Å². The minimum absolute atomic E-state index is 0.0632. The lowest BCUT2D eigenvalue weighted by atomic mass is 10.2. The molecule has 4 N–H and O–H groups in total. The molecule has 8 nitrogen and oxygen atoms in total. The molecule has 0 aliphatic carbocycles. The minimum atomic E-state index is -4.26. The van der Waals surface area contributed by atoms with Crippen molar-refractivity contribution >= 4 is 13.8 Å². The van der Waals surface area contributed by atoms with Gasteiger partial charge in [-0.15, -0.1) is 0 Å². The standard InChI is InChI=1S/C25H42NO7P/c1-2-3-4-5-6-7-8-9-10-11-12-13-14-15-16-17-18-19-25(28)31-22-24(27)23-33-34(29,30)32-21-20-26/h3-4,6-7,9-10,12-13,15-16,24,27H,2,5,8,11,14,17-23,26H2,1H3,(H,29,30). The summed E-state index contributed by atoms with van der Waals surface area (Å²) in [6.07, 6.45) is 26.5. The predicted octanol–water partition coefficient (Wildman–Crippen LogP) is 4.90. The number of unbranched alkanes of at least 4 members (excludes halogenated alkanes) is 1. The van der Waals surface area contributed by atoms with Crippen LogP contribution in [-0.4, -0.2) is 48.4 Å². The topological polar surface area (TPSA) is 128 Å². The van der Waals surface area contributed by atoms with E-state index < -0.39 is 26.5 Å². The summed E-state index contributed by atoms with van der Waals surface area (Å²) >= 11 is 0. The van der Waals surface area contributed by atoms with Gasteiger partial charge in [0.25, 0.3) is 0 Å². The molecule has 0 radical (unpaired) electrons. The van der Waals surface area contributed by atoms with E-state index in [1.54, 1.807) is 0 Å². The number of phosphoric acid groups is 1. The van der Waals surface area contributed by atoms with Gasteiger partial charge in [0.15, 0.2) is 0 Å². The molecule has 0 fully saturated rings. The number of carbonyl (C=O) groups excluding carboxylic acids is 1. The van der Waals surface area contributed by atoms with Gasteiger partial charge in [0.05, 0.1) is 13.2 Å². The molecule has 0 saturated heterocycles. The quantitative estimate of drug-likeness (QED) is 0.0880. The maximum Gasteiger partial charge on any atom is 0.472 e. The van der Waals surface area contributed by atoms with Gasteiger partial charge in [0.2, 0.25) is 0 Å². The number of carbonyl (C=O) groups is 1. The Kier molecular flexibility index (Phi) is 21.8. The van der Waals surface area contributed by atoms with Gasteiger partial charge in [-0.1, -0.05) is 67.7 Å². The average molecular weight is 500 g/mol. The molecule has 0 heterocycles. The fourth-order valence-electron chi connectivity index (χ4n) is 2.43. The maximum atomic E-state index is 11.7. The Labute approximate surface area is 204 Å². The first-order chi connectivity index (χ1) is 16.4. The van der Waals surface area contributed by atoms with Crippen molar-refractivity contribution in [1.29, 1.82) is 0 Å². The van der Waals surface area contributed by atoms with E-state index >= 15 is 0 Å². The van der Waals surface area contributed by atoms with E-state index in [1.165, 1.54) is 0 Å². The van der Waals surface area contributed by atoms with Crippen LogP contribution in [0.25, 0.3) is 0 Å². The van der Waals surface area contributed by atoms with Crippen molar-refractivity contribution in [2.24, 2.45) is 5.73 Å². The van der Waals surface area contributed by atoms with E-state index in [1.807, 2.05) is 6.08 Å². The van der Waals surface area contributed by atoms with Crippen molar-refractivity contribution < 1.29 is 33.1 Å². The summed E-state index contributed by atoms with van der Waals surface area (Å²) < 4.78 is 25.5. The van der Waals surface area contributed by atoms with Gasteiger partial charge in [-0.05, 0) is 44.9 Å². The number of rotatable bonds is 21. The molecule has 0 spiro atoms. The van der Waals surface area contributed by atoms with Gasteiger partial charge >= 0.3 is 13.8 Å². The molecule has 34 heavy (non-hydrogen) atoms. The van der Waals surface area contributed by atoms with Crippen LogP contribution in [0.1, 0.15) is 58.3 Å². The Balaban J connectivity index is 3.70. The van der Waals surface area contributed by atoms with E-state index in [4.69, 9.17) is 10.5 Å². The summed E-state index contributed by atoms with van der Waals surface area (Å²) in [4.78, 5) is 21.0. The normalized spacial score (nSPS) is 15.3. The zero-order valence-corrected chi connectivity index (χ0v) is 21.2. The van der Waals surface area contributed by atoms with Crippen LogP contribution in [0.3, 0.4) is 0 Å². The van der Waals surface area contributed by atoms with Crippen LogP contribution < -0.4 is 5.73 Å². The Hall–Kier alpha value is -1.80. The molecule has 0 bridgehead atoms. The SMILES string of the molecule is CCC=CCC=CCC=CCC=CCC=CCCCC(=O)OCC(O)COP(=O)(O)OCCN. The third kappa shape index (κ3) is 23.4. The fourth-order valence-corrected chi connectivity index (χ4v) is 3.20. The first-order valence-corrected chi connectivity index (χ1v) is 13.3. The number of hydrogen-bond donors (Lipinski definition) is 3. The van der Waals surface area contributed by atoms with Gasteiger partial charge < -0.3 is 20.5 Å². The number of allylic oxidation sites excluding steroid dienone is 10. The Morgan fingerprint density at radius 3 is 1.94 bits per heavy atom. The summed E-state index contributed by atoms with van der Waals surface area (Å²) in [7, 11) is -4.26. The van der Waals surface area contributed by atoms with Crippen LogP contribution in [0.15, 0.2) is 60.8 Å². The molecule has 0 amide bonds. The second-order valence-electron chi connectivity index (χ2n) is 7.32. The van der Waals surface area contributed by atoms with Crippen LogP contribution in [0, 0.1) is 0 Å². The van der Waals surface area contributed by atoms with E-state index in [0.29, 0.717) is 6.42 Å². The van der Waals surface area contributed by atoms with E-state index in [9.17, 15) is 19.4 Å². The first-order valence-electron chi connectivity index (χ1n) is 11.8. The summed E-state index contributed by atoms with van der Waals surface area (Å²) in [6, 6.07) is 0. The second kappa shape index (κ2) is 23.0. The predicted molar refractivity (Wildman–Crippen MR) is 136 cm³/mol. The monoisotopic (exact) mass is 499 g/mol. The van der Waals surface area contributed by atoms with Crippen LogP contribution >= 0.6 is 7.82 Å². The largest absolute Gasteiger partial charge is 0.472 e. The lowest BCUT2D eigenvalue weighted by molar-refractivity contribution is -0.147. The van der Waals surface area contributed by atoms with Crippen molar-refractivity contribution in [3.8, 4) is 0 Å². The summed E-state index contributed by atoms with van der Waals surface area (Å²) in [5.41, 5.74) is 5.16. The molecule has 2 atom stereocenters. The average Bonchev–Trinajstić information content (AvgIpc) is 2.82. The van der Waals surface area contributed by atoms with Gasteiger partial charge in [0.1, 0.15) is 12.7 Å². The zero-order chi connectivity index (χ0) is 25.3. The molecule has 0 rings (SSSR count). The Bertz CT molecular complexity index is 701. The third-order valence-corrected chi connectivity index (χ3v) is 5.13. The molecule has 0 aliphatic rings. The Morgan fingerprint density at radius 1 is 0.882 bits per heavy atom. The summed E-state index contributed by atoms with van der Waals surface area (Å²) in [6.45, 7) is 1.24. The van der Waals surface area contributed by atoms with Crippen LogP contribution in [0.5, 0.6) is 0 Å². The molecule has 0 aliphatic heterocycles.